The van der Waals surface area contributed by atoms with Gasteiger partial charge < -0.3 is 19.9 Å². The molecule has 1 aromatic carbocycles. The molecule has 2 amide bonds. The average molecular weight is 545 g/mol. The van der Waals surface area contributed by atoms with Crippen LogP contribution >= 0.6 is 11.8 Å². The Balaban J connectivity index is 1.55. The zero-order valence-corrected chi connectivity index (χ0v) is 20.3. The number of aromatic amines is 2. The smallest absolute Gasteiger partial charge is 0.365 e. The van der Waals surface area contributed by atoms with Crippen LogP contribution in [0.25, 0.3) is 0 Å². The van der Waals surface area contributed by atoms with E-state index in [9.17, 15) is 38.7 Å². The molecule has 2 aliphatic rings. The molecule has 3 heterocycles. The van der Waals surface area contributed by atoms with Gasteiger partial charge >= 0.3 is 23.6 Å². The molecule has 38 heavy (non-hydrogen) atoms. The van der Waals surface area contributed by atoms with Crippen LogP contribution in [0.3, 0.4) is 0 Å². The Morgan fingerprint density at radius 1 is 1.21 bits per heavy atom. The third-order valence-electron chi connectivity index (χ3n) is 5.47. The Bertz CT molecular complexity index is 1470. The van der Waals surface area contributed by atoms with E-state index in [0.29, 0.717) is 0 Å². The Morgan fingerprint density at radius 3 is 2.55 bits per heavy atom. The first-order chi connectivity index (χ1) is 18.1. The number of nitrogens with zero attached hydrogens (tertiary/aromatic N) is 2. The molecule has 0 saturated carbocycles. The lowest BCUT2D eigenvalue weighted by Gasteiger charge is -2.49. The summed E-state index contributed by atoms with van der Waals surface area (Å²) in [5.74, 6) is -4.86. The van der Waals surface area contributed by atoms with E-state index in [4.69, 9.17) is 9.47 Å². The highest BCUT2D eigenvalue weighted by atomic mass is 32.2. The van der Waals surface area contributed by atoms with Crippen LogP contribution in [0.2, 0.25) is 0 Å². The van der Waals surface area contributed by atoms with Gasteiger partial charge in [-0.15, -0.1) is 11.8 Å². The van der Waals surface area contributed by atoms with Gasteiger partial charge in [-0.3, -0.25) is 29.1 Å². The van der Waals surface area contributed by atoms with Crippen LogP contribution in [0.4, 0.5) is 0 Å². The number of aromatic nitrogens is 3. The van der Waals surface area contributed by atoms with Crippen LogP contribution in [0.1, 0.15) is 29.1 Å². The number of nitrogens with one attached hydrogen (secondary N) is 3. The second kappa shape index (κ2) is 10.7. The number of fused-ring (bicyclic) bond motifs is 1. The zero-order chi connectivity index (χ0) is 27.6. The number of amides is 2. The van der Waals surface area contributed by atoms with E-state index < -0.39 is 64.2 Å². The maximum atomic E-state index is 13.2. The molecule has 2 aliphatic heterocycles. The largest absolute Gasteiger partial charge is 0.477 e. The number of rotatable bonds is 8. The number of ether oxygens (including phenoxy) is 2. The number of carbonyl (C=O) groups is 5. The first-order valence-corrected chi connectivity index (χ1v) is 11.9. The molecule has 15 nitrogen and oxygen atoms in total. The van der Waals surface area contributed by atoms with Crippen molar-refractivity contribution < 1.29 is 38.6 Å². The Hall–Kier alpha value is -4.73. The normalized spacial score (nSPS) is 19.1. The minimum Gasteiger partial charge on any atom is -0.477 e. The number of aliphatic carboxylic acids is 1. The van der Waals surface area contributed by atoms with Gasteiger partial charge in [0.2, 0.25) is 11.8 Å². The predicted octanol–water partition coefficient (Wildman–Crippen LogP) is -1.34. The van der Waals surface area contributed by atoms with Gasteiger partial charge in [0.25, 0.3) is 17.4 Å². The van der Waals surface area contributed by atoms with E-state index in [1.54, 1.807) is 18.2 Å². The van der Waals surface area contributed by atoms with Crippen LogP contribution in [0, 0.1) is 0 Å². The monoisotopic (exact) mass is 545 g/mol. The molecule has 198 valence electrons. The molecule has 2 aromatic rings. The summed E-state index contributed by atoms with van der Waals surface area (Å²) < 4.78 is 10.1. The maximum Gasteiger partial charge on any atom is 0.365 e. The van der Waals surface area contributed by atoms with Gasteiger partial charge in [-0.05, 0) is 0 Å². The number of benzene rings is 1. The van der Waals surface area contributed by atoms with E-state index in [-0.39, 0.29) is 29.2 Å². The molecular formula is C22H19N5O10S. The number of thioether (sulfide) groups is 1. The van der Waals surface area contributed by atoms with Gasteiger partial charge in [0.15, 0.2) is 0 Å². The highest BCUT2D eigenvalue weighted by Gasteiger charge is 2.54. The lowest BCUT2D eigenvalue weighted by atomic mass is 10.0. The summed E-state index contributed by atoms with van der Waals surface area (Å²) >= 11 is 1.15. The Morgan fingerprint density at radius 2 is 1.92 bits per heavy atom. The van der Waals surface area contributed by atoms with Crippen molar-refractivity contribution in [2.24, 2.45) is 0 Å². The number of H-pyrrole nitrogens is 2. The molecule has 1 unspecified atom stereocenters. The zero-order valence-electron chi connectivity index (χ0n) is 19.5. The van der Waals surface area contributed by atoms with Crippen LogP contribution < -0.4 is 16.6 Å². The number of carboxylic acid groups (broad SMARTS) is 1. The highest BCUT2D eigenvalue weighted by Crippen LogP contribution is 2.40. The molecular weight excluding hydrogens is 526 g/mol. The Labute approximate surface area is 216 Å². The average Bonchev–Trinajstić information content (AvgIpc) is 2.88. The van der Waals surface area contributed by atoms with Crippen molar-refractivity contribution in [1.82, 2.24) is 25.4 Å². The second-order valence-corrected chi connectivity index (χ2v) is 9.09. The second-order valence-electron chi connectivity index (χ2n) is 7.99. The van der Waals surface area contributed by atoms with Gasteiger partial charge in [0.1, 0.15) is 23.7 Å². The van der Waals surface area contributed by atoms with Crippen molar-refractivity contribution in [2.45, 2.75) is 24.4 Å². The number of hydrogen-bond donors (Lipinski definition) is 4. The number of β-lactam (4-membered cyclic amide) rings is 1. The van der Waals surface area contributed by atoms with E-state index in [0.717, 1.165) is 16.7 Å². The fourth-order valence-corrected chi connectivity index (χ4v) is 5.09. The first-order valence-electron chi connectivity index (χ1n) is 10.9. The lowest BCUT2D eigenvalue weighted by Crippen LogP contribution is -2.71. The van der Waals surface area contributed by atoms with Crippen molar-refractivity contribution in [3.8, 4) is 0 Å². The number of esters is 2. The standard InChI is InChI=1S/C22H19N5O10S/c1-9(28)36-7-11-8-38-19-13(18(31)27(19)14(11)20(32)33)23-17(30)15(10-5-3-2-4-6-10)37-21(34)12-16(29)24-22(35)26-25-12/h2-6,13,15,19H,7-8H2,1H3,(H,23,30)(H,32,33)(H2,24,26,29,35)/t13-,15?,19+/m0/s1. The minimum absolute atomic E-state index is 0.119. The molecule has 4 N–H and O–H groups in total. The van der Waals surface area contributed by atoms with Gasteiger partial charge in [0, 0.05) is 23.8 Å². The van der Waals surface area contributed by atoms with Gasteiger partial charge in [-0.2, -0.15) is 5.10 Å². The van der Waals surface area contributed by atoms with Crippen LogP contribution in [-0.2, 0) is 28.7 Å². The molecule has 0 aliphatic carbocycles. The fourth-order valence-electron chi connectivity index (χ4n) is 3.76. The number of hydrogen-bond acceptors (Lipinski definition) is 11. The van der Waals surface area contributed by atoms with Crippen molar-refractivity contribution >= 4 is 41.5 Å². The van der Waals surface area contributed by atoms with E-state index in [1.807, 2.05) is 10.1 Å². The quantitative estimate of drug-likeness (QED) is 0.224. The summed E-state index contributed by atoms with van der Waals surface area (Å²) in [6.07, 6.45) is -1.62. The molecule has 1 fully saturated rings. The van der Waals surface area contributed by atoms with Crippen molar-refractivity contribution in [2.75, 3.05) is 12.4 Å². The fraction of sp³-hybridized carbons (Fsp3) is 0.273. The van der Waals surface area contributed by atoms with E-state index in [2.05, 4.69) is 10.4 Å². The van der Waals surface area contributed by atoms with Gasteiger partial charge in [0.05, 0.1) is 0 Å². The van der Waals surface area contributed by atoms with Crippen molar-refractivity contribution in [3.63, 3.8) is 0 Å². The van der Waals surface area contributed by atoms with Crippen molar-refractivity contribution in [1.29, 1.82) is 0 Å². The summed E-state index contributed by atoms with van der Waals surface area (Å²) in [5.41, 5.74) is -2.79. The predicted molar refractivity (Wildman–Crippen MR) is 126 cm³/mol. The highest BCUT2D eigenvalue weighted by molar-refractivity contribution is 8.00. The number of carbonyl (C=O) groups excluding carboxylic acids is 4. The lowest BCUT2D eigenvalue weighted by molar-refractivity contribution is -0.152. The van der Waals surface area contributed by atoms with Crippen LogP contribution in [0.15, 0.2) is 51.2 Å². The first kappa shape index (κ1) is 26.3. The van der Waals surface area contributed by atoms with Crippen LogP contribution in [-0.4, -0.2) is 78.7 Å². The minimum atomic E-state index is -1.62. The van der Waals surface area contributed by atoms with Gasteiger partial charge in [-0.1, -0.05) is 30.3 Å². The third-order valence-corrected chi connectivity index (χ3v) is 6.81. The van der Waals surface area contributed by atoms with E-state index in [1.165, 1.54) is 19.1 Å². The molecule has 4 rings (SSSR count). The Kier molecular flexibility index (Phi) is 7.43. The molecule has 0 radical (unpaired) electrons. The SMILES string of the molecule is CC(=O)OCC1=C(C(=O)O)N2C(=O)[C@H](NC(=O)C(OC(=O)c3n[nH]c(=O)[nH]c3=O)c3ccccc3)[C@H]2SC1. The molecule has 0 spiro atoms. The third kappa shape index (κ3) is 5.19. The van der Waals surface area contributed by atoms with Crippen LogP contribution in [0.5, 0.6) is 0 Å². The molecule has 1 saturated heterocycles. The summed E-state index contributed by atoms with van der Waals surface area (Å²) in [4.78, 5) is 87.6. The molecule has 16 heteroatoms. The summed E-state index contributed by atoms with van der Waals surface area (Å²) in [7, 11) is 0. The summed E-state index contributed by atoms with van der Waals surface area (Å²) in [6, 6.07) is 6.56. The van der Waals surface area contributed by atoms with Gasteiger partial charge in [-0.25, -0.2) is 19.5 Å². The van der Waals surface area contributed by atoms with Crippen molar-refractivity contribution in [3.05, 3.63) is 73.7 Å². The molecule has 0 bridgehead atoms. The molecule has 3 atom stereocenters. The topological polar surface area (TPSA) is 218 Å². The summed E-state index contributed by atoms with van der Waals surface area (Å²) in [5, 5.41) is 16.6. The maximum absolute atomic E-state index is 13.2. The number of carboxylic acids is 1. The van der Waals surface area contributed by atoms with E-state index >= 15 is 0 Å². The molecule has 1 aromatic heterocycles. The summed E-state index contributed by atoms with van der Waals surface area (Å²) in [6.45, 7) is 0.862.